The van der Waals surface area contributed by atoms with Gasteiger partial charge in [-0.15, -0.1) is 0 Å². The van der Waals surface area contributed by atoms with Gasteiger partial charge in [0, 0.05) is 43.3 Å². The number of carbonyl (C=O) groups is 7. The molecule has 4 radical (unpaired) electrons. The van der Waals surface area contributed by atoms with Crippen LogP contribution in [0.3, 0.4) is 0 Å². The van der Waals surface area contributed by atoms with Crippen molar-refractivity contribution in [1.82, 2.24) is 25.8 Å². The number of nitrogens with one attached hydrogen (secondary N) is 4. The van der Waals surface area contributed by atoms with E-state index < -0.39 is 47.0 Å². The lowest BCUT2D eigenvalue weighted by Crippen LogP contribution is -2.55. The fourth-order valence-electron chi connectivity index (χ4n) is 7.73. The van der Waals surface area contributed by atoms with Crippen molar-refractivity contribution in [3.63, 3.8) is 0 Å². The SMILES string of the molecule is [B]C(C)N(C(=O)c1ccco1)c1ccc(-c2ccccc2)cc1.[B]C(NC=O)(C(=O)NCCOCCOCCOCCNc1cccc2c1C(=O)N(C1CCC(=O)NC1=O)C2=O)c1ccccc1.c1ccncc1. The quantitative estimate of drug-likeness (QED) is 0.0316. The first-order valence-corrected chi connectivity index (χ1v) is 23.7. The van der Waals surface area contributed by atoms with E-state index in [1.165, 1.54) is 17.2 Å². The molecule has 4 heterocycles. The van der Waals surface area contributed by atoms with Crippen molar-refractivity contribution in [3.05, 3.63) is 175 Å². The van der Waals surface area contributed by atoms with Crippen LogP contribution in [0, 0.1) is 0 Å². The number of fused-ring (bicyclic) bond motifs is 1. The Kier molecular flexibility index (Phi) is 21.0. The van der Waals surface area contributed by atoms with Gasteiger partial charge in [0.1, 0.15) is 13.9 Å². The standard InChI is InChI=1S/C30H34BN5O9.C19H16BNO2.C5H5N/c31-30(34-19-37,20-5-2-1-3-6-20)29(42)33-12-14-44-16-18-45-17-15-43-13-11-32-22-8-4-7-21-25(22)28(41)36(27(21)40)23-9-10-24(38)35-26(23)39;1-14(20)21(19(22)18-8-5-13-23-18)17-11-9-16(10-12-17)15-6-3-2-4-7-15;1-2-4-6-5-3-1/h1-8,19,23,32H,9-18H2,(H,33,42)(H,34,37)(H,35,38,39);2-14H,1H3;1-5H. The van der Waals surface area contributed by atoms with E-state index in [-0.39, 0.29) is 55.4 Å². The molecule has 4 N–H and O–H groups in total. The van der Waals surface area contributed by atoms with Crippen LogP contribution >= 0.6 is 0 Å². The third kappa shape index (κ3) is 14.9. The molecule has 0 aliphatic carbocycles. The van der Waals surface area contributed by atoms with Crippen LogP contribution in [0.1, 0.15) is 56.6 Å². The first-order valence-electron chi connectivity index (χ1n) is 23.7. The molecule has 7 amide bonds. The van der Waals surface area contributed by atoms with Crippen LogP contribution in [0.2, 0.25) is 0 Å². The Hall–Kier alpha value is -8.19. The summed E-state index contributed by atoms with van der Waals surface area (Å²) in [4.78, 5) is 92.2. The second kappa shape index (κ2) is 28.2. The van der Waals surface area contributed by atoms with Crippen LogP contribution < -0.4 is 26.2 Å². The lowest BCUT2D eigenvalue weighted by atomic mass is 9.71. The summed E-state index contributed by atoms with van der Waals surface area (Å²) in [5, 5.41) is 10.3. The van der Waals surface area contributed by atoms with Crippen LogP contribution in [-0.4, -0.2) is 132 Å². The predicted molar refractivity (Wildman–Crippen MR) is 277 cm³/mol. The predicted octanol–water partition coefficient (Wildman–Crippen LogP) is 4.62. The summed E-state index contributed by atoms with van der Waals surface area (Å²) in [6, 6.07) is 39.2. The minimum Gasteiger partial charge on any atom is -0.459 e. The Morgan fingerprint density at radius 1 is 0.784 bits per heavy atom. The summed E-state index contributed by atoms with van der Waals surface area (Å²) in [5.74, 6) is -3.25. The first kappa shape index (κ1) is 55.1. The summed E-state index contributed by atoms with van der Waals surface area (Å²) in [6.45, 7) is 4.04. The maximum absolute atomic E-state index is 13.1. The highest BCUT2D eigenvalue weighted by Gasteiger charge is 2.45. The molecule has 4 aromatic carbocycles. The molecule has 2 aliphatic rings. The molecule has 6 aromatic rings. The van der Waals surface area contributed by atoms with Gasteiger partial charge in [-0.25, -0.2) is 0 Å². The van der Waals surface area contributed by atoms with Crippen molar-refractivity contribution in [1.29, 1.82) is 0 Å². The number of anilines is 2. The van der Waals surface area contributed by atoms with Crippen molar-refractivity contribution in [3.8, 4) is 11.1 Å². The van der Waals surface area contributed by atoms with E-state index in [0.717, 1.165) is 21.7 Å². The highest BCUT2D eigenvalue weighted by Crippen LogP contribution is 2.32. The number of ether oxygens (including phenoxy) is 3. The van der Waals surface area contributed by atoms with Crippen LogP contribution in [-0.2, 0) is 38.8 Å². The van der Waals surface area contributed by atoms with E-state index in [0.29, 0.717) is 50.6 Å². The lowest BCUT2D eigenvalue weighted by Gasteiger charge is -2.29. The number of aromatic nitrogens is 1. The summed E-state index contributed by atoms with van der Waals surface area (Å²) < 4.78 is 21.7. The molecule has 1 saturated heterocycles. The van der Waals surface area contributed by atoms with E-state index in [9.17, 15) is 33.6 Å². The molecule has 3 atom stereocenters. The van der Waals surface area contributed by atoms with Gasteiger partial charge in [0.25, 0.3) is 17.7 Å². The fraction of sp³-hybridized carbons (Fsp3) is 0.259. The van der Waals surface area contributed by atoms with E-state index in [4.69, 9.17) is 34.3 Å². The van der Waals surface area contributed by atoms with Crippen molar-refractivity contribution in [2.24, 2.45) is 0 Å². The maximum Gasteiger partial charge on any atom is 0.293 e. The molecule has 378 valence electrons. The number of carbonyl (C=O) groups excluding carboxylic acids is 7. The van der Waals surface area contributed by atoms with Crippen LogP contribution in [0.15, 0.2) is 157 Å². The van der Waals surface area contributed by atoms with Crippen molar-refractivity contribution in [2.45, 2.75) is 37.2 Å². The second-order valence-electron chi connectivity index (χ2n) is 16.5. The Bertz CT molecular complexity index is 2750. The summed E-state index contributed by atoms with van der Waals surface area (Å²) in [5.41, 5.74) is 2.53. The van der Waals surface area contributed by atoms with Gasteiger partial charge in [-0.3, -0.25) is 48.8 Å². The number of hydrogen-bond acceptors (Lipinski definition) is 13. The fourth-order valence-corrected chi connectivity index (χ4v) is 7.73. The number of nitrogens with zero attached hydrogens (tertiary/aromatic N) is 3. The lowest BCUT2D eigenvalue weighted by molar-refractivity contribution is -0.136. The van der Waals surface area contributed by atoms with Crippen LogP contribution in [0.4, 0.5) is 11.4 Å². The van der Waals surface area contributed by atoms with Gasteiger partial charge in [-0.2, -0.15) is 0 Å². The minimum absolute atomic E-state index is 0.0519. The third-order valence-electron chi connectivity index (χ3n) is 11.4. The average Bonchev–Trinajstić information content (AvgIpc) is 4.06. The summed E-state index contributed by atoms with van der Waals surface area (Å²) in [7, 11) is 12.1. The number of rotatable bonds is 22. The van der Waals surface area contributed by atoms with Crippen molar-refractivity contribution in [2.75, 3.05) is 62.9 Å². The normalized spacial score (nSPS) is 14.9. The Morgan fingerprint density at radius 2 is 1.41 bits per heavy atom. The molecule has 2 aromatic heterocycles. The van der Waals surface area contributed by atoms with Gasteiger partial charge in [-0.05, 0) is 77.6 Å². The zero-order valence-corrected chi connectivity index (χ0v) is 40.7. The second-order valence-corrected chi connectivity index (χ2v) is 16.5. The number of hydrogen-bond donors (Lipinski definition) is 4. The van der Waals surface area contributed by atoms with Crippen LogP contribution in [0.25, 0.3) is 11.1 Å². The minimum atomic E-state index is -1.70. The molecule has 0 spiro atoms. The number of imide groups is 2. The molecule has 2 aliphatic heterocycles. The van der Waals surface area contributed by atoms with Gasteiger partial charge in [0.15, 0.2) is 5.76 Å². The molecular weight excluding hydrogens is 944 g/mol. The Labute approximate surface area is 431 Å². The van der Waals surface area contributed by atoms with E-state index in [2.05, 4.69) is 26.3 Å². The van der Waals surface area contributed by atoms with E-state index in [1.54, 1.807) is 73.9 Å². The number of piperidine rings is 1. The van der Waals surface area contributed by atoms with Crippen LogP contribution in [0.5, 0.6) is 0 Å². The zero-order valence-electron chi connectivity index (χ0n) is 40.7. The molecule has 74 heavy (non-hydrogen) atoms. The monoisotopic (exact) mass is 999 g/mol. The Morgan fingerprint density at radius 3 is 1.99 bits per heavy atom. The third-order valence-corrected chi connectivity index (χ3v) is 11.4. The van der Waals surface area contributed by atoms with Gasteiger partial charge in [-0.1, -0.05) is 91.9 Å². The topological polar surface area (TPSA) is 228 Å². The Balaban J connectivity index is 0.000000252. The number of pyridine rings is 1. The first-order chi connectivity index (χ1) is 35.9. The molecule has 1 fully saturated rings. The molecule has 8 rings (SSSR count). The number of amides is 7. The highest BCUT2D eigenvalue weighted by atomic mass is 16.5. The van der Waals surface area contributed by atoms with Gasteiger partial charge in [0.05, 0.1) is 70.3 Å². The smallest absolute Gasteiger partial charge is 0.293 e. The summed E-state index contributed by atoms with van der Waals surface area (Å²) in [6.07, 6.45) is 5.49. The molecule has 0 bridgehead atoms. The van der Waals surface area contributed by atoms with Gasteiger partial charge in [0.2, 0.25) is 24.1 Å². The molecule has 3 unspecified atom stereocenters. The van der Waals surface area contributed by atoms with Crippen molar-refractivity contribution < 1.29 is 52.2 Å². The summed E-state index contributed by atoms with van der Waals surface area (Å²) >= 11 is 0. The number of furan rings is 1. The molecule has 18 nitrogen and oxygen atoms in total. The largest absolute Gasteiger partial charge is 0.459 e. The molecule has 0 saturated carbocycles. The van der Waals surface area contributed by atoms with Gasteiger partial charge < -0.3 is 39.5 Å². The maximum atomic E-state index is 13.1. The van der Waals surface area contributed by atoms with Gasteiger partial charge >= 0.3 is 0 Å². The van der Waals surface area contributed by atoms with Crippen molar-refractivity contribution >= 4 is 68.9 Å². The molecule has 20 heteroatoms. The van der Waals surface area contributed by atoms with E-state index in [1.807, 2.05) is 72.8 Å². The molecular formula is C54H55B2N7O11. The highest BCUT2D eigenvalue weighted by molar-refractivity contribution is 6.29. The average molecular weight is 1000 g/mol. The number of benzene rings is 4. The van der Waals surface area contributed by atoms with E-state index >= 15 is 0 Å². The zero-order chi connectivity index (χ0) is 52.7.